The number of nitrogens with zero attached hydrogens (tertiary/aromatic N) is 5. The van der Waals surface area contributed by atoms with Crippen molar-refractivity contribution in [2.75, 3.05) is 18.0 Å². The number of anilines is 1. The fourth-order valence-corrected chi connectivity index (χ4v) is 3.26. The summed E-state index contributed by atoms with van der Waals surface area (Å²) < 4.78 is 26.4. The molecule has 1 fully saturated rings. The fourth-order valence-electron chi connectivity index (χ4n) is 3.26. The number of benzene rings is 1. The minimum Gasteiger partial charge on any atom is -0.341 e. The van der Waals surface area contributed by atoms with Gasteiger partial charge in [0.1, 0.15) is 5.69 Å². The van der Waals surface area contributed by atoms with E-state index in [9.17, 15) is 8.78 Å². The van der Waals surface area contributed by atoms with Crippen molar-refractivity contribution in [2.24, 2.45) is 5.92 Å². The first-order valence-electron chi connectivity index (χ1n) is 8.47. The highest BCUT2D eigenvalue weighted by molar-refractivity contribution is 5.54. The average Bonchev–Trinajstić information content (AvgIpc) is 3.14. The fraction of sp³-hybridized carbons (Fsp3) is 0.263. The van der Waals surface area contributed by atoms with Crippen LogP contribution in [0.2, 0.25) is 0 Å². The van der Waals surface area contributed by atoms with E-state index in [2.05, 4.69) is 24.8 Å². The van der Waals surface area contributed by atoms with Crippen molar-refractivity contribution in [3.05, 3.63) is 66.3 Å². The van der Waals surface area contributed by atoms with E-state index in [1.54, 1.807) is 30.9 Å². The first-order chi connectivity index (χ1) is 12.7. The number of aromatic nitrogens is 4. The maximum absolute atomic E-state index is 13.4. The second kappa shape index (κ2) is 7.11. The van der Waals surface area contributed by atoms with Crippen molar-refractivity contribution < 1.29 is 8.78 Å². The van der Waals surface area contributed by atoms with Gasteiger partial charge in [-0.15, -0.1) is 0 Å². The summed E-state index contributed by atoms with van der Waals surface area (Å²) in [4.78, 5) is 19.4. The second-order valence-electron chi connectivity index (χ2n) is 6.39. The predicted molar refractivity (Wildman–Crippen MR) is 93.4 cm³/mol. The van der Waals surface area contributed by atoms with E-state index >= 15 is 0 Å². The highest BCUT2D eigenvalue weighted by atomic mass is 19.2. The van der Waals surface area contributed by atoms with Crippen LogP contribution in [0.3, 0.4) is 0 Å². The normalized spacial score (nSPS) is 16.8. The Morgan fingerprint density at radius 1 is 1.00 bits per heavy atom. The standard InChI is InChI=1S/C19H17F2N5/c20-15-2-1-13(10-16(15)21)9-14-4-8-26(12-14)19-24-5-3-17(25-19)18-11-22-6-7-23-18/h1-3,5-7,10-11,14H,4,8-9,12H2. The molecule has 1 atom stereocenters. The SMILES string of the molecule is Fc1ccc(CC2CCN(c3nccc(-c4cnccn4)n3)C2)cc1F. The Morgan fingerprint density at radius 3 is 2.73 bits per heavy atom. The molecule has 0 aliphatic carbocycles. The van der Waals surface area contributed by atoms with Gasteiger partial charge in [0.2, 0.25) is 5.95 Å². The number of halogens is 2. The quantitative estimate of drug-likeness (QED) is 0.720. The molecule has 0 bridgehead atoms. The highest BCUT2D eigenvalue weighted by Gasteiger charge is 2.25. The molecular formula is C19H17F2N5. The van der Waals surface area contributed by atoms with Crippen LogP contribution >= 0.6 is 0 Å². The Kier molecular flexibility index (Phi) is 4.51. The molecule has 4 rings (SSSR count). The van der Waals surface area contributed by atoms with Gasteiger partial charge in [0.25, 0.3) is 0 Å². The zero-order valence-electron chi connectivity index (χ0n) is 14.0. The Hall–Kier alpha value is -2.96. The monoisotopic (exact) mass is 353 g/mol. The molecule has 1 aliphatic rings. The molecular weight excluding hydrogens is 336 g/mol. The molecule has 0 saturated carbocycles. The van der Waals surface area contributed by atoms with Crippen molar-refractivity contribution in [2.45, 2.75) is 12.8 Å². The Labute approximate surface area is 149 Å². The minimum absolute atomic E-state index is 0.351. The molecule has 3 aromatic rings. The van der Waals surface area contributed by atoms with Crippen LogP contribution < -0.4 is 4.90 Å². The molecule has 0 amide bonds. The average molecular weight is 353 g/mol. The first-order valence-corrected chi connectivity index (χ1v) is 8.47. The van der Waals surface area contributed by atoms with Crippen molar-refractivity contribution >= 4 is 5.95 Å². The third-order valence-electron chi connectivity index (χ3n) is 4.55. The van der Waals surface area contributed by atoms with Gasteiger partial charge in [0.05, 0.1) is 11.9 Å². The lowest BCUT2D eigenvalue weighted by atomic mass is 9.98. The summed E-state index contributed by atoms with van der Waals surface area (Å²) in [6, 6.07) is 5.92. The largest absolute Gasteiger partial charge is 0.341 e. The number of hydrogen-bond donors (Lipinski definition) is 0. The lowest BCUT2D eigenvalue weighted by molar-refractivity contribution is 0.503. The smallest absolute Gasteiger partial charge is 0.225 e. The summed E-state index contributed by atoms with van der Waals surface area (Å²) >= 11 is 0. The summed E-state index contributed by atoms with van der Waals surface area (Å²) in [5.41, 5.74) is 2.24. The first kappa shape index (κ1) is 16.5. The highest BCUT2D eigenvalue weighted by Crippen LogP contribution is 2.25. The van der Waals surface area contributed by atoms with Gasteiger partial charge < -0.3 is 4.90 Å². The molecule has 1 saturated heterocycles. The van der Waals surface area contributed by atoms with E-state index in [0.717, 1.165) is 30.8 Å². The summed E-state index contributed by atoms with van der Waals surface area (Å²) in [5.74, 6) is -0.599. The van der Waals surface area contributed by atoms with Crippen molar-refractivity contribution in [3.8, 4) is 11.4 Å². The molecule has 0 spiro atoms. The van der Waals surface area contributed by atoms with Crippen molar-refractivity contribution in [3.63, 3.8) is 0 Å². The van der Waals surface area contributed by atoms with Crippen LogP contribution in [0.4, 0.5) is 14.7 Å². The molecule has 0 radical (unpaired) electrons. The molecule has 5 nitrogen and oxygen atoms in total. The topological polar surface area (TPSA) is 54.8 Å². The van der Waals surface area contributed by atoms with Crippen LogP contribution in [0.1, 0.15) is 12.0 Å². The van der Waals surface area contributed by atoms with Gasteiger partial charge in [0.15, 0.2) is 11.6 Å². The number of rotatable bonds is 4. The van der Waals surface area contributed by atoms with E-state index in [1.165, 1.54) is 12.1 Å². The lowest BCUT2D eigenvalue weighted by Gasteiger charge is -2.17. The molecule has 1 aliphatic heterocycles. The van der Waals surface area contributed by atoms with Crippen LogP contribution in [-0.4, -0.2) is 33.0 Å². The minimum atomic E-state index is -0.809. The van der Waals surface area contributed by atoms with Gasteiger partial charge in [-0.05, 0) is 42.5 Å². The predicted octanol–water partition coefficient (Wildman–Crippen LogP) is 3.28. The maximum atomic E-state index is 13.4. The summed E-state index contributed by atoms with van der Waals surface area (Å²) in [6.45, 7) is 1.61. The van der Waals surface area contributed by atoms with Gasteiger partial charge in [-0.2, -0.15) is 0 Å². The third kappa shape index (κ3) is 3.51. The molecule has 1 aromatic carbocycles. The Bertz CT molecular complexity index is 903. The Balaban J connectivity index is 1.46. The van der Waals surface area contributed by atoms with E-state index < -0.39 is 11.6 Å². The Morgan fingerprint density at radius 2 is 1.92 bits per heavy atom. The van der Waals surface area contributed by atoms with Gasteiger partial charge in [-0.3, -0.25) is 9.97 Å². The molecule has 7 heteroatoms. The van der Waals surface area contributed by atoms with E-state index in [1.807, 2.05) is 6.07 Å². The van der Waals surface area contributed by atoms with E-state index in [4.69, 9.17) is 0 Å². The van der Waals surface area contributed by atoms with Crippen LogP contribution in [-0.2, 0) is 6.42 Å². The van der Waals surface area contributed by atoms with Crippen LogP contribution in [0.25, 0.3) is 11.4 Å². The molecule has 3 heterocycles. The maximum Gasteiger partial charge on any atom is 0.225 e. The van der Waals surface area contributed by atoms with Gasteiger partial charge in [0, 0.05) is 31.7 Å². The lowest BCUT2D eigenvalue weighted by Crippen LogP contribution is -2.22. The third-order valence-corrected chi connectivity index (χ3v) is 4.55. The molecule has 1 unspecified atom stereocenters. The van der Waals surface area contributed by atoms with Crippen LogP contribution in [0.15, 0.2) is 49.1 Å². The molecule has 0 N–H and O–H groups in total. The summed E-state index contributed by atoms with van der Waals surface area (Å²) in [6.07, 6.45) is 8.30. The molecule has 132 valence electrons. The zero-order valence-corrected chi connectivity index (χ0v) is 14.0. The molecule has 2 aromatic heterocycles. The van der Waals surface area contributed by atoms with E-state index in [-0.39, 0.29) is 0 Å². The van der Waals surface area contributed by atoms with Crippen molar-refractivity contribution in [1.82, 2.24) is 19.9 Å². The second-order valence-corrected chi connectivity index (χ2v) is 6.39. The zero-order chi connectivity index (χ0) is 17.9. The van der Waals surface area contributed by atoms with E-state index in [0.29, 0.717) is 24.0 Å². The van der Waals surface area contributed by atoms with Gasteiger partial charge in [-0.25, -0.2) is 18.7 Å². The molecule has 26 heavy (non-hydrogen) atoms. The number of hydrogen-bond acceptors (Lipinski definition) is 5. The summed E-state index contributed by atoms with van der Waals surface area (Å²) in [5, 5.41) is 0. The van der Waals surface area contributed by atoms with Crippen LogP contribution in [0, 0.1) is 17.6 Å². The van der Waals surface area contributed by atoms with Crippen molar-refractivity contribution in [1.29, 1.82) is 0 Å². The van der Waals surface area contributed by atoms with Gasteiger partial charge in [-0.1, -0.05) is 6.07 Å². The van der Waals surface area contributed by atoms with Gasteiger partial charge >= 0.3 is 0 Å². The summed E-state index contributed by atoms with van der Waals surface area (Å²) in [7, 11) is 0. The van der Waals surface area contributed by atoms with Crippen LogP contribution in [0.5, 0.6) is 0 Å².